The zero-order chi connectivity index (χ0) is 34.4. The molecule has 0 saturated heterocycles. The Hall–Kier alpha value is -6.90. The molecule has 0 N–H and O–H groups in total. The van der Waals surface area contributed by atoms with Gasteiger partial charge in [0, 0.05) is 39.3 Å². The molecule has 10 aromatic rings. The lowest BCUT2D eigenvalue weighted by atomic mass is 9.94. The Morgan fingerprint density at radius 2 is 0.865 bits per heavy atom. The van der Waals surface area contributed by atoms with Crippen LogP contribution in [0.4, 0.5) is 17.1 Å². The molecule has 0 saturated carbocycles. The molecule has 10 rings (SSSR count). The molecule has 244 valence electrons. The highest BCUT2D eigenvalue weighted by atomic mass is 16.3. The van der Waals surface area contributed by atoms with E-state index in [2.05, 4.69) is 205 Å². The van der Waals surface area contributed by atoms with Gasteiger partial charge in [-0.25, -0.2) is 0 Å². The van der Waals surface area contributed by atoms with E-state index >= 15 is 0 Å². The molecule has 1 aromatic heterocycles. The van der Waals surface area contributed by atoms with Gasteiger partial charge in [-0.1, -0.05) is 152 Å². The average molecular weight is 664 g/mol. The molecule has 0 spiro atoms. The van der Waals surface area contributed by atoms with Crippen LogP contribution in [0.3, 0.4) is 0 Å². The Labute approximate surface area is 302 Å². The molecule has 0 fully saturated rings. The SMILES string of the molecule is c1ccc(-c2ccc(-c3cc4c5ccc(N(c6ccccc6)c6ccc(-c7cccc8ccccc78)cc6)cc5oc4c4ccccc34)cc2)cc1. The Morgan fingerprint density at radius 1 is 0.308 bits per heavy atom. The smallest absolute Gasteiger partial charge is 0.143 e. The molecule has 0 unspecified atom stereocenters. The van der Waals surface area contributed by atoms with Crippen LogP contribution in [0.1, 0.15) is 0 Å². The molecule has 2 nitrogen and oxygen atoms in total. The minimum Gasteiger partial charge on any atom is -0.455 e. The van der Waals surface area contributed by atoms with Gasteiger partial charge in [0.1, 0.15) is 11.2 Å². The Bertz CT molecular complexity index is 2870. The zero-order valence-corrected chi connectivity index (χ0v) is 28.4. The fourth-order valence-electron chi connectivity index (χ4n) is 7.73. The number of nitrogens with zero attached hydrogens (tertiary/aromatic N) is 1. The fraction of sp³-hybridized carbons (Fsp3) is 0. The minimum absolute atomic E-state index is 0.863. The lowest BCUT2D eigenvalue weighted by Gasteiger charge is -2.25. The van der Waals surface area contributed by atoms with Crippen LogP contribution in [-0.4, -0.2) is 0 Å². The van der Waals surface area contributed by atoms with E-state index < -0.39 is 0 Å². The van der Waals surface area contributed by atoms with Crippen molar-refractivity contribution in [3.8, 4) is 33.4 Å². The molecule has 0 aliphatic heterocycles. The number of anilines is 3. The topological polar surface area (TPSA) is 16.4 Å². The molecule has 0 bridgehead atoms. The van der Waals surface area contributed by atoms with E-state index in [1.807, 2.05) is 0 Å². The maximum Gasteiger partial charge on any atom is 0.143 e. The lowest BCUT2D eigenvalue weighted by molar-refractivity contribution is 0.673. The third kappa shape index (κ3) is 5.12. The van der Waals surface area contributed by atoms with Crippen LogP contribution in [0.2, 0.25) is 0 Å². The predicted octanol–water partition coefficient (Wildman–Crippen LogP) is 14.4. The second-order valence-corrected chi connectivity index (χ2v) is 13.3. The highest BCUT2D eigenvalue weighted by molar-refractivity contribution is 6.19. The second kappa shape index (κ2) is 12.5. The van der Waals surface area contributed by atoms with Crippen molar-refractivity contribution < 1.29 is 4.42 Å². The summed E-state index contributed by atoms with van der Waals surface area (Å²) in [7, 11) is 0. The van der Waals surface area contributed by atoms with E-state index in [-0.39, 0.29) is 0 Å². The van der Waals surface area contributed by atoms with Gasteiger partial charge in [-0.3, -0.25) is 0 Å². The van der Waals surface area contributed by atoms with Crippen LogP contribution < -0.4 is 4.90 Å². The number of furan rings is 1. The van der Waals surface area contributed by atoms with Gasteiger partial charge in [0.2, 0.25) is 0 Å². The molecular formula is C50H33NO. The van der Waals surface area contributed by atoms with Crippen molar-refractivity contribution in [3.05, 3.63) is 200 Å². The van der Waals surface area contributed by atoms with Gasteiger partial charge >= 0.3 is 0 Å². The first-order chi connectivity index (χ1) is 25.8. The van der Waals surface area contributed by atoms with E-state index in [1.165, 1.54) is 49.5 Å². The standard InChI is InChI=1S/C50H33NO/c1-3-12-34(13-4-1)35-22-24-38(25-23-35)47-33-48-45-31-30-41(32-49(45)52-50(48)46-20-10-9-19-44(46)47)51(39-16-5-2-6-17-39)40-28-26-37(27-29-40)43-21-11-15-36-14-7-8-18-42(36)43/h1-33H. The number of para-hydroxylation sites is 1. The van der Waals surface area contributed by atoms with Crippen molar-refractivity contribution in [2.45, 2.75) is 0 Å². The Morgan fingerprint density at radius 3 is 1.65 bits per heavy atom. The van der Waals surface area contributed by atoms with Gasteiger partial charge in [0.15, 0.2) is 0 Å². The quantitative estimate of drug-likeness (QED) is 0.176. The van der Waals surface area contributed by atoms with E-state index in [4.69, 9.17) is 4.42 Å². The van der Waals surface area contributed by atoms with Crippen LogP contribution in [0.25, 0.3) is 76.9 Å². The first kappa shape index (κ1) is 30.0. The largest absolute Gasteiger partial charge is 0.455 e. The summed E-state index contributed by atoms with van der Waals surface area (Å²) in [5.74, 6) is 0. The summed E-state index contributed by atoms with van der Waals surface area (Å²) in [6.45, 7) is 0. The van der Waals surface area contributed by atoms with E-state index in [1.54, 1.807) is 0 Å². The van der Waals surface area contributed by atoms with Crippen LogP contribution >= 0.6 is 0 Å². The minimum atomic E-state index is 0.863. The van der Waals surface area contributed by atoms with Crippen molar-refractivity contribution in [3.63, 3.8) is 0 Å². The van der Waals surface area contributed by atoms with Gasteiger partial charge in [-0.05, 0) is 92.0 Å². The average Bonchev–Trinajstić information content (AvgIpc) is 3.60. The highest BCUT2D eigenvalue weighted by Crippen LogP contribution is 2.43. The molecular weight excluding hydrogens is 631 g/mol. The van der Waals surface area contributed by atoms with E-state index in [9.17, 15) is 0 Å². The van der Waals surface area contributed by atoms with Crippen LogP contribution in [0.15, 0.2) is 205 Å². The Kier molecular flexibility index (Phi) is 7.18. The summed E-state index contributed by atoms with van der Waals surface area (Å²) in [5.41, 5.74) is 12.2. The monoisotopic (exact) mass is 663 g/mol. The van der Waals surface area contributed by atoms with Crippen molar-refractivity contribution >= 4 is 60.5 Å². The molecule has 0 amide bonds. The van der Waals surface area contributed by atoms with Crippen molar-refractivity contribution in [2.24, 2.45) is 0 Å². The summed E-state index contributed by atoms with van der Waals surface area (Å²) in [5, 5.41) is 7.02. The van der Waals surface area contributed by atoms with Crippen LogP contribution in [0, 0.1) is 0 Å². The first-order valence-corrected chi connectivity index (χ1v) is 17.8. The molecule has 2 heteroatoms. The van der Waals surface area contributed by atoms with E-state index in [0.29, 0.717) is 0 Å². The summed E-state index contributed by atoms with van der Waals surface area (Å²) >= 11 is 0. The molecule has 0 aliphatic rings. The van der Waals surface area contributed by atoms with Gasteiger partial charge in [0.05, 0.1) is 0 Å². The summed E-state index contributed by atoms with van der Waals surface area (Å²) in [6.07, 6.45) is 0. The Balaban J connectivity index is 1.08. The van der Waals surface area contributed by atoms with Gasteiger partial charge in [-0.2, -0.15) is 0 Å². The lowest BCUT2D eigenvalue weighted by Crippen LogP contribution is -2.09. The van der Waals surface area contributed by atoms with Crippen LogP contribution in [-0.2, 0) is 0 Å². The molecule has 1 heterocycles. The number of rotatable bonds is 6. The summed E-state index contributed by atoms with van der Waals surface area (Å²) < 4.78 is 6.79. The molecule has 9 aromatic carbocycles. The van der Waals surface area contributed by atoms with Crippen molar-refractivity contribution in [1.82, 2.24) is 0 Å². The van der Waals surface area contributed by atoms with Crippen LogP contribution in [0.5, 0.6) is 0 Å². The third-order valence-electron chi connectivity index (χ3n) is 10.3. The predicted molar refractivity (Wildman–Crippen MR) is 220 cm³/mol. The van der Waals surface area contributed by atoms with Crippen molar-refractivity contribution in [2.75, 3.05) is 4.90 Å². The third-order valence-corrected chi connectivity index (χ3v) is 10.3. The van der Waals surface area contributed by atoms with Gasteiger partial charge < -0.3 is 9.32 Å². The first-order valence-electron chi connectivity index (χ1n) is 17.8. The summed E-state index contributed by atoms with van der Waals surface area (Å²) in [6, 6.07) is 71.5. The second-order valence-electron chi connectivity index (χ2n) is 13.3. The zero-order valence-electron chi connectivity index (χ0n) is 28.4. The molecule has 0 atom stereocenters. The molecule has 0 aliphatic carbocycles. The van der Waals surface area contributed by atoms with E-state index in [0.717, 1.165) is 44.4 Å². The highest BCUT2D eigenvalue weighted by Gasteiger charge is 2.18. The maximum absolute atomic E-state index is 6.79. The normalized spacial score (nSPS) is 11.5. The fourth-order valence-corrected chi connectivity index (χ4v) is 7.73. The number of hydrogen-bond donors (Lipinski definition) is 0. The molecule has 52 heavy (non-hydrogen) atoms. The summed E-state index contributed by atoms with van der Waals surface area (Å²) in [4.78, 5) is 2.30. The number of fused-ring (bicyclic) bond motifs is 6. The van der Waals surface area contributed by atoms with Gasteiger partial charge in [-0.15, -0.1) is 0 Å². The number of benzene rings is 9. The number of hydrogen-bond acceptors (Lipinski definition) is 2. The van der Waals surface area contributed by atoms with Gasteiger partial charge in [0.25, 0.3) is 0 Å². The molecule has 0 radical (unpaired) electrons. The van der Waals surface area contributed by atoms with Crippen molar-refractivity contribution in [1.29, 1.82) is 0 Å². The maximum atomic E-state index is 6.79.